The topological polar surface area (TPSA) is 41.3 Å². The summed E-state index contributed by atoms with van der Waals surface area (Å²) in [6.45, 7) is 6.47. The fourth-order valence-corrected chi connectivity index (χ4v) is 0.696. The molecule has 0 heterocycles. The predicted octanol–water partition coefficient (Wildman–Crippen LogP) is 0.861. The van der Waals surface area contributed by atoms with Crippen molar-refractivity contribution in [2.24, 2.45) is 5.73 Å². The molecule has 0 aliphatic rings. The minimum atomic E-state index is 0.533. The van der Waals surface area contributed by atoms with Crippen LogP contribution in [0.15, 0.2) is 24.2 Å². The predicted molar refractivity (Wildman–Crippen MR) is 53.4 cm³/mol. The van der Waals surface area contributed by atoms with Crippen molar-refractivity contribution in [2.75, 3.05) is 20.6 Å². The Morgan fingerprint density at radius 2 is 2.17 bits per heavy atom. The van der Waals surface area contributed by atoms with Crippen LogP contribution >= 0.6 is 0 Å². The molecule has 0 spiro atoms. The first-order valence-electron chi connectivity index (χ1n) is 4.06. The Labute approximate surface area is 74.9 Å². The Bertz CT molecular complexity index is 171. The summed E-state index contributed by atoms with van der Waals surface area (Å²) in [6, 6.07) is 0. The molecular weight excluding hydrogens is 150 g/mol. The second-order valence-electron chi connectivity index (χ2n) is 2.98. The van der Waals surface area contributed by atoms with E-state index in [1.165, 1.54) is 5.70 Å². The molecule has 0 aliphatic carbocycles. The molecule has 0 unspecified atom stereocenters. The van der Waals surface area contributed by atoms with E-state index in [0.29, 0.717) is 5.82 Å². The van der Waals surface area contributed by atoms with E-state index in [9.17, 15) is 0 Å². The van der Waals surface area contributed by atoms with E-state index < -0.39 is 0 Å². The molecule has 0 saturated carbocycles. The second kappa shape index (κ2) is 5.52. The number of nitrogens with one attached hydrogen (secondary N) is 1. The molecule has 0 atom stereocenters. The lowest BCUT2D eigenvalue weighted by Gasteiger charge is -2.12. The number of rotatable bonds is 5. The van der Waals surface area contributed by atoms with Gasteiger partial charge in [0.25, 0.3) is 0 Å². The highest BCUT2D eigenvalue weighted by atomic mass is 15.1. The van der Waals surface area contributed by atoms with Gasteiger partial charge in [0.15, 0.2) is 0 Å². The van der Waals surface area contributed by atoms with Gasteiger partial charge in [0.2, 0.25) is 0 Å². The van der Waals surface area contributed by atoms with E-state index >= 15 is 0 Å². The summed E-state index contributed by atoms with van der Waals surface area (Å²) in [5.41, 5.74) is 6.60. The molecule has 0 aromatic carbocycles. The van der Waals surface area contributed by atoms with E-state index in [1.54, 1.807) is 0 Å². The fourth-order valence-electron chi connectivity index (χ4n) is 0.696. The van der Waals surface area contributed by atoms with Crippen molar-refractivity contribution in [1.82, 2.24) is 10.2 Å². The summed E-state index contributed by atoms with van der Waals surface area (Å²) in [5, 5.41) is 2.96. The third-order valence-corrected chi connectivity index (χ3v) is 1.64. The molecule has 0 saturated heterocycles. The van der Waals surface area contributed by atoms with Crippen molar-refractivity contribution in [3.8, 4) is 0 Å². The number of nitrogens with zero attached hydrogens (tertiary/aromatic N) is 1. The summed E-state index contributed by atoms with van der Waals surface area (Å²) in [5.74, 6) is 0.533. The van der Waals surface area contributed by atoms with Gasteiger partial charge in [-0.05, 0) is 13.3 Å². The molecule has 3 nitrogen and oxygen atoms in total. The zero-order valence-corrected chi connectivity index (χ0v) is 8.22. The third kappa shape index (κ3) is 5.65. The second-order valence-corrected chi connectivity index (χ2v) is 2.98. The summed E-state index contributed by atoms with van der Waals surface area (Å²) < 4.78 is 0. The minimum absolute atomic E-state index is 0.533. The average Bonchev–Trinajstić information content (AvgIpc) is 1.97. The van der Waals surface area contributed by atoms with Gasteiger partial charge in [-0.15, -0.1) is 0 Å². The first-order chi connectivity index (χ1) is 5.54. The van der Waals surface area contributed by atoms with Crippen LogP contribution in [-0.4, -0.2) is 25.5 Å². The van der Waals surface area contributed by atoms with Gasteiger partial charge in [0, 0.05) is 26.3 Å². The van der Waals surface area contributed by atoms with Gasteiger partial charge in [-0.25, -0.2) is 0 Å². The largest absolute Gasteiger partial charge is 0.386 e. The van der Waals surface area contributed by atoms with Crippen molar-refractivity contribution in [1.29, 1.82) is 0 Å². The molecule has 3 N–H and O–H groups in total. The number of hydrogen-bond donors (Lipinski definition) is 2. The van der Waals surface area contributed by atoms with Crippen molar-refractivity contribution < 1.29 is 0 Å². The Morgan fingerprint density at radius 1 is 1.58 bits per heavy atom. The Balaban J connectivity index is 3.53. The number of hydrogen-bond acceptors (Lipinski definition) is 3. The molecule has 70 valence electrons. The maximum atomic E-state index is 5.33. The Hall–Kier alpha value is -1.12. The minimum Gasteiger partial charge on any atom is -0.386 e. The van der Waals surface area contributed by atoms with Crippen molar-refractivity contribution in [3.05, 3.63) is 24.2 Å². The van der Waals surface area contributed by atoms with Gasteiger partial charge in [-0.2, -0.15) is 0 Å². The first kappa shape index (κ1) is 10.9. The van der Waals surface area contributed by atoms with Gasteiger partial charge < -0.3 is 16.0 Å². The van der Waals surface area contributed by atoms with Gasteiger partial charge in [-0.3, -0.25) is 0 Å². The zero-order valence-electron chi connectivity index (χ0n) is 8.22. The quantitative estimate of drug-likeness (QED) is 0.600. The molecule has 0 amide bonds. The third-order valence-electron chi connectivity index (χ3n) is 1.64. The molecular formula is C9H19N3. The lowest BCUT2D eigenvalue weighted by Crippen LogP contribution is -2.19. The van der Waals surface area contributed by atoms with Crippen LogP contribution in [0.3, 0.4) is 0 Å². The van der Waals surface area contributed by atoms with Gasteiger partial charge in [-0.1, -0.05) is 12.7 Å². The average molecular weight is 169 g/mol. The smallest absolute Gasteiger partial charge is 0.0885 e. The SMILES string of the molecule is C=C(N)NCC/C=C(/C)N(C)C. The van der Waals surface area contributed by atoms with Crippen LogP contribution < -0.4 is 11.1 Å². The standard InChI is InChI=1S/C9H19N3/c1-8(12(3)4)6-5-7-11-9(2)10/h6,11H,2,5,7,10H2,1,3-4H3/b8-6-. The van der Waals surface area contributed by atoms with E-state index in [4.69, 9.17) is 5.73 Å². The van der Waals surface area contributed by atoms with Crippen LogP contribution in [0.5, 0.6) is 0 Å². The molecule has 0 fully saturated rings. The monoisotopic (exact) mass is 169 g/mol. The normalized spacial score (nSPS) is 11.1. The van der Waals surface area contributed by atoms with Gasteiger partial charge in [0.05, 0.1) is 5.82 Å². The maximum absolute atomic E-state index is 5.33. The molecule has 0 aliphatic heterocycles. The van der Waals surface area contributed by atoms with Crippen molar-refractivity contribution in [3.63, 3.8) is 0 Å². The van der Waals surface area contributed by atoms with Crippen LogP contribution in [-0.2, 0) is 0 Å². The van der Waals surface area contributed by atoms with Crippen LogP contribution in [0.2, 0.25) is 0 Å². The lowest BCUT2D eigenvalue weighted by molar-refractivity contribution is 0.510. The van der Waals surface area contributed by atoms with Crippen LogP contribution in [0.1, 0.15) is 13.3 Å². The zero-order chi connectivity index (χ0) is 9.56. The van der Waals surface area contributed by atoms with Crippen LogP contribution in [0.25, 0.3) is 0 Å². The van der Waals surface area contributed by atoms with Crippen LogP contribution in [0.4, 0.5) is 0 Å². The summed E-state index contributed by atoms with van der Waals surface area (Å²) >= 11 is 0. The summed E-state index contributed by atoms with van der Waals surface area (Å²) in [4.78, 5) is 2.08. The molecule has 12 heavy (non-hydrogen) atoms. The highest BCUT2D eigenvalue weighted by molar-refractivity contribution is 4.96. The summed E-state index contributed by atoms with van der Waals surface area (Å²) in [7, 11) is 4.06. The molecule has 0 bridgehead atoms. The first-order valence-corrected chi connectivity index (χ1v) is 4.06. The van der Waals surface area contributed by atoms with E-state index in [1.807, 2.05) is 14.1 Å². The summed E-state index contributed by atoms with van der Waals surface area (Å²) in [6.07, 6.45) is 3.14. The van der Waals surface area contributed by atoms with Gasteiger partial charge in [0.1, 0.15) is 0 Å². The molecule has 3 heteroatoms. The Morgan fingerprint density at radius 3 is 2.58 bits per heavy atom. The number of nitrogens with two attached hydrogens (primary N) is 1. The molecule has 0 radical (unpaired) electrons. The van der Waals surface area contributed by atoms with Crippen molar-refractivity contribution >= 4 is 0 Å². The molecule has 0 aromatic rings. The Kier molecular flexibility index (Phi) is 5.00. The highest BCUT2D eigenvalue weighted by Crippen LogP contribution is 1.97. The van der Waals surface area contributed by atoms with E-state index in [-0.39, 0.29) is 0 Å². The van der Waals surface area contributed by atoms with Gasteiger partial charge >= 0.3 is 0 Å². The van der Waals surface area contributed by atoms with Crippen LogP contribution in [0, 0.1) is 0 Å². The lowest BCUT2D eigenvalue weighted by atomic mass is 10.3. The molecule has 0 rings (SSSR count). The fraction of sp³-hybridized carbons (Fsp3) is 0.556. The van der Waals surface area contributed by atoms with E-state index in [2.05, 4.69) is 29.8 Å². The highest BCUT2D eigenvalue weighted by Gasteiger charge is 1.89. The molecule has 0 aromatic heterocycles. The number of allylic oxidation sites excluding steroid dienone is 1. The van der Waals surface area contributed by atoms with Crippen molar-refractivity contribution in [2.45, 2.75) is 13.3 Å². The van der Waals surface area contributed by atoms with E-state index in [0.717, 1.165) is 13.0 Å². The maximum Gasteiger partial charge on any atom is 0.0885 e.